The standard InChI is InChI=1S/C13H11FN4OS/c14-10-2-1-3-11-9(10)4-5-18(11)6-8-7-20-13(16-8)12(19)17-15/h1-5,7H,6,15H2,(H,17,19). The minimum absolute atomic E-state index is 0.247. The Morgan fingerprint density at radius 3 is 3.10 bits per heavy atom. The van der Waals surface area contributed by atoms with E-state index >= 15 is 0 Å². The average Bonchev–Trinajstić information content (AvgIpc) is 3.07. The lowest BCUT2D eigenvalue weighted by Crippen LogP contribution is -2.29. The van der Waals surface area contributed by atoms with Crippen molar-refractivity contribution in [2.45, 2.75) is 6.54 Å². The van der Waals surface area contributed by atoms with Gasteiger partial charge in [-0.05, 0) is 18.2 Å². The van der Waals surface area contributed by atoms with Crippen LogP contribution in [-0.4, -0.2) is 15.5 Å². The van der Waals surface area contributed by atoms with Gasteiger partial charge in [-0.2, -0.15) is 0 Å². The third kappa shape index (κ3) is 2.17. The lowest BCUT2D eigenvalue weighted by molar-refractivity contribution is 0.0953. The smallest absolute Gasteiger partial charge is 0.294 e. The number of fused-ring (bicyclic) bond motifs is 1. The molecule has 2 aromatic heterocycles. The summed E-state index contributed by atoms with van der Waals surface area (Å²) in [5, 5.41) is 2.67. The van der Waals surface area contributed by atoms with Gasteiger partial charge in [0.1, 0.15) is 5.82 Å². The van der Waals surface area contributed by atoms with E-state index in [1.54, 1.807) is 23.7 Å². The van der Waals surface area contributed by atoms with Gasteiger partial charge in [0.05, 0.1) is 17.8 Å². The zero-order chi connectivity index (χ0) is 14.1. The Labute approximate surface area is 117 Å². The third-order valence-electron chi connectivity index (χ3n) is 2.97. The Balaban J connectivity index is 1.92. The number of nitrogens with one attached hydrogen (secondary N) is 1. The van der Waals surface area contributed by atoms with Crippen LogP contribution in [0.15, 0.2) is 35.8 Å². The first-order chi connectivity index (χ1) is 9.69. The van der Waals surface area contributed by atoms with Crippen LogP contribution in [0.3, 0.4) is 0 Å². The molecule has 1 aromatic carbocycles. The van der Waals surface area contributed by atoms with Gasteiger partial charge in [-0.3, -0.25) is 10.2 Å². The Bertz CT molecular complexity index is 780. The molecule has 0 unspecified atom stereocenters. The van der Waals surface area contributed by atoms with E-state index in [2.05, 4.69) is 4.98 Å². The van der Waals surface area contributed by atoms with Gasteiger partial charge >= 0.3 is 0 Å². The van der Waals surface area contributed by atoms with Crippen molar-refractivity contribution < 1.29 is 9.18 Å². The number of nitrogens with two attached hydrogens (primary N) is 1. The number of thiazole rings is 1. The summed E-state index contributed by atoms with van der Waals surface area (Å²) in [6.07, 6.45) is 1.80. The van der Waals surface area contributed by atoms with Gasteiger partial charge in [-0.1, -0.05) is 6.07 Å². The largest absolute Gasteiger partial charge is 0.341 e. The van der Waals surface area contributed by atoms with Crippen LogP contribution < -0.4 is 11.3 Å². The fourth-order valence-electron chi connectivity index (χ4n) is 2.04. The summed E-state index contributed by atoms with van der Waals surface area (Å²) < 4.78 is 15.5. The highest BCUT2D eigenvalue weighted by Gasteiger charge is 2.11. The molecule has 3 aromatic rings. The lowest BCUT2D eigenvalue weighted by atomic mass is 10.2. The van der Waals surface area contributed by atoms with Crippen molar-refractivity contribution in [2.75, 3.05) is 0 Å². The van der Waals surface area contributed by atoms with E-state index < -0.39 is 5.91 Å². The number of nitrogens with zero attached hydrogens (tertiary/aromatic N) is 2. The molecule has 0 saturated heterocycles. The molecule has 0 aliphatic carbocycles. The van der Waals surface area contributed by atoms with Gasteiger partial charge in [-0.25, -0.2) is 15.2 Å². The Morgan fingerprint density at radius 2 is 2.30 bits per heavy atom. The predicted octanol–water partition coefficient (Wildman–Crippen LogP) is 1.89. The van der Waals surface area contributed by atoms with Crippen LogP contribution in [0.25, 0.3) is 10.9 Å². The number of amides is 1. The second-order valence-corrected chi connectivity index (χ2v) is 5.09. The van der Waals surface area contributed by atoms with Crippen LogP contribution in [-0.2, 0) is 6.54 Å². The van der Waals surface area contributed by atoms with E-state index in [9.17, 15) is 9.18 Å². The quantitative estimate of drug-likeness (QED) is 0.439. The molecule has 5 nitrogen and oxygen atoms in total. The maximum Gasteiger partial charge on any atom is 0.294 e. The van der Waals surface area contributed by atoms with Crippen LogP contribution in [0.4, 0.5) is 4.39 Å². The molecule has 0 atom stereocenters. The van der Waals surface area contributed by atoms with Gasteiger partial charge in [0.2, 0.25) is 0 Å². The van der Waals surface area contributed by atoms with Crippen LogP contribution in [0, 0.1) is 5.82 Å². The second kappa shape index (κ2) is 5.03. The molecule has 2 heterocycles. The lowest BCUT2D eigenvalue weighted by Gasteiger charge is -2.02. The molecule has 0 aliphatic heterocycles. The van der Waals surface area contributed by atoms with Crippen molar-refractivity contribution in [1.29, 1.82) is 0 Å². The number of nitrogen functional groups attached to an aromatic ring is 1. The number of halogens is 1. The minimum Gasteiger partial charge on any atom is -0.341 e. The number of hydrogen-bond donors (Lipinski definition) is 2. The zero-order valence-electron chi connectivity index (χ0n) is 10.3. The molecule has 0 spiro atoms. The van der Waals surface area contributed by atoms with Crippen LogP contribution in [0.2, 0.25) is 0 Å². The molecule has 3 rings (SSSR count). The highest BCUT2D eigenvalue weighted by molar-refractivity contribution is 7.11. The van der Waals surface area contributed by atoms with Crippen molar-refractivity contribution in [3.8, 4) is 0 Å². The van der Waals surface area contributed by atoms with E-state index in [-0.39, 0.29) is 5.82 Å². The second-order valence-electron chi connectivity index (χ2n) is 4.23. The number of aromatic nitrogens is 2. The van der Waals surface area contributed by atoms with Crippen molar-refractivity contribution in [3.63, 3.8) is 0 Å². The molecule has 1 amide bonds. The maximum atomic E-state index is 13.6. The molecule has 0 radical (unpaired) electrons. The van der Waals surface area contributed by atoms with Crippen LogP contribution in [0.1, 0.15) is 15.5 Å². The van der Waals surface area contributed by atoms with Gasteiger partial charge < -0.3 is 4.57 Å². The Morgan fingerprint density at radius 1 is 1.45 bits per heavy atom. The first-order valence-corrected chi connectivity index (χ1v) is 6.75. The van der Waals surface area contributed by atoms with Gasteiger partial charge in [0, 0.05) is 17.0 Å². The molecule has 0 bridgehead atoms. The Kier molecular flexibility index (Phi) is 3.21. The normalized spacial score (nSPS) is 10.9. The minimum atomic E-state index is -0.412. The summed E-state index contributed by atoms with van der Waals surface area (Å²) >= 11 is 1.22. The van der Waals surface area contributed by atoms with Crippen molar-refractivity contribution >= 4 is 28.1 Å². The first-order valence-electron chi connectivity index (χ1n) is 5.88. The zero-order valence-corrected chi connectivity index (χ0v) is 11.2. The van der Waals surface area contributed by atoms with E-state index in [0.29, 0.717) is 16.9 Å². The molecule has 3 N–H and O–H groups in total. The maximum absolute atomic E-state index is 13.6. The molecular weight excluding hydrogens is 279 g/mol. The summed E-state index contributed by atoms with van der Waals surface area (Å²) in [7, 11) is 0. The fraction of sp³-hybridized carbons (Fsp3) is 0.0769. The molecule has 0 aliphatic rings. The molecule has 0 fully saturated rings. The van der Waals surface area contributed by atoms with Gasteiger partial charge in [-0.15, -0.1) is 11.3 Å². The van der Waals surface area contributed by atoms with Gasteiger partial charge in [0.25, 0.3) is 5.91 Å². The van der Waals surface area contributed by atoms with Crippen LogP contribution >= 0.6 is 11.3 Å². The number of benzene rings is 1. The predicted molar refractivity (Wildman–Crippen MR) is 74.8 cm³/mol. The molecule has 0 saturated carbocycles. The summed E-state index contributed by atoms with van der Waals surface area (Å²) in [5.74, 6) is 4.40. The van der Waals surface area contributed by atoms with Gasteiger partial charge in [0.15, 0.2) is 5.01 Å². The summed E-state index contributed by atoms with van der Waals surface area (Å²) in [6, 6.07) is 6.67. The van der Waals surface area contributed by atoms with E-state index in [4.69, 9.17) is 5.84 Å². The summed E-state index contributed by atoms with van der Waals surface area (Å²) in [5.41, 5.74) is 3.57. The monoisotopic (exact) mass is 290 g/mol. The van der Waals surface area contributed by atoms with Crippen molar-refractivity contribution in [2.24, 2.45) is 5.84 Å². The number of carbonyl (C=O) groups excluding carboxylic acids is 1. The average molecular weight is 290 g/mol. The first kappa shape index (κ1) is 12.8. The number of hydrazine groups is 1. The van der Waals surface area contributed by atoms with E-state index in [1.165, 1.54) is 17.4 Å². The highest BCUT2D eigenvalue weighted by atomic mass is 32.1. The summed E-state index contributed by atoms with van der Waals surface area (Å²) in [4.78, 5) is 15.5. The topological polar surface area (TPSA) is 72.9 Å². The highest BCUT2D eigenvalue weighted by Crippen LogP contribution is 2.20. The molecule has 7 heteroatoms. The van der Waals surface area contributed by atoms with Crippen molar-refractivity contribution in [3.05, 3.63) is 52.4 Å². The van der Waals surface area contributed by atoms with E-state index in [1.807, 2.05) is 16.1 Å². The third-order valence-corrected chi connectivity index (χ3v) is 3.86. The summed E-state index contributed by atoms with van der Waals surface area (Å²) in [6.45, 7) is 0.474. The molecule has 102 valence electrons. The number of hydrogen-bond acceptors (Lipinski definition) is 4. The number of carbonyl (C=O) groups is 1. The number of rotatable bonds is 3. The van der Waals surface area contributed by atoms with E-state index in [0.717, 1.165) is 11.2 Å². The molecule has 20 heavy (non-hydrogen) atoms. The SMILES string of the molecule is NNC(=O)c1nc(Cn2ccc3c(F)cccc32)cs1. The molecular formula is C13H11FN4OS. The Hall–Kier alpha value is -2.25. The van der Waals surface area contributed by atoms with Crippen molar-refractivity contribution in [1.82, 2.24) is 15.0 Å². The van der Waals surface area contributed by atoms with Crippen LogP contribution in [0.5, 0.6) is 0 Å². The fourth-order valence-corrected chi connectivity index (χ4v) is 2.75.